The molecule has 0 saturated carbocycles. The smallest absolute Gasteiger partial charge is 0.356 e. The Morgan fingerprint density at radius 2 is 2.29 bits per heavy atom. The maximum Gasteiger partial charge on any atom is 0.356 e. The minimum absolute atomic E-state index is 0.0655. The van der Waals surface area contributed by atoms with E-state index in [2.05, 4.69) is 25.9 Å². The van der Waals surface area contributed by atoms with E-state index < -0.39 is 5.97 Å². The quantitative estimate of drug-likeness (QED) is 0.806. The number of ether oxygens (including phenoxy) is 1. The van der Waals surface area contributed by atoms with Gasteiger partial charge >= 0.3 is 5.97 Å². The molecule has 0 aliphatic carbocycles. The third-order valence-electron chi connectivity index (χ3n) is 2.72. The number of aromatic nitrogens is 2. The van der Waals surface area contributed by atoms with E-state index in [4.69, 9.17) is 9.84 Å². The highest BCUT2D eigenvalue weighted by molar-refractivity contribution is 9.10. The number of aromatic carboxylic acids is 1. The van der Waals surface area contributed by atoms with Gasteiger partial charge in [-0.25, -0.2) is 14.8 Å². The van der Waals surface area contributed by atoms with Crippen molar-refractivity contribution in [3.63, 3.8) is 0 Å². The summed E-state index contributed by atoms with van der Waals surface area (Å²) in [4.78, 5) is 22.1. The summed E-state index contributed by atoms with van der Waals surface area (Å²) >= 11 is 5.07. The Morgan fingerprint density at radius 3 is 2.81 bits per heavy atom. The van der Waals surface area contributed by atoms with E-state index in [0.717, 1.165) is 4.47 Å². The van der Waals surface area contributed by atoms with E-state index in [1.807, 2.05) is 16.3 Å². The van der Waals surface area contributed by atoms with E-state index >= 15 is 0 Å². The Labute approximate surface area is 134 Å². The first kappa shape index (κ1) is 15.9. The molecule has 0 spiro atoms. The average molecular weight is 372 g/mol. The van der Waals surface area contributed by atoms with E-state index in [1.165, 1.54) is 17.3 Å². The van der Waals surface area contributed by atoms with Crippen LogP contribution in [0.2, 0.25) is 0 Å². The SMILES string of the molecule is COCCN(Cc1cc(Br)cs1)c1cnc(C(=O)O)cn1. The Bertz CT molecular complexity index is 603. The molecule has 0 aliphatic heterocycles. The molecule has 0 aliphatic rings. The molecule has 0 radical (unpaired) electrons. The highest BCUT2D eigenvalue weighted by atomic mass is 79.9. The molecule has 8 heteroatoms. The number of halogens is 1. The van der Waals surface area contributed by atoms with Crippen molar-refractivity contribution in [2.45, 2.75) is 6.54 Å². The number of hydrogen-bond donors (Lipinski definition) is 1. The van der Waals surface area contributed by atoms with Gasteiger partial charge < -0.3 is 14.7 Å². The van der Waals surface area contributed by atoms with Gasteiger partial charge in [0.25, 0.3) is 0 Å². The van der Waals surface area contributed by atoms with Gasteiger partial charge in [-0.2, -0.15) is 0 Å². The summed E-state index contributed by atoms with van der Waals surface area (Å²) in [7, 11) is 1.64. The second-order valence-electron chi connectivity index (χ2n) is 4.21. The lowest BCUT2D eigenvalue weighted by molar-refractivity contribution is 0.0690. The van der Waals surface area contributed by atoms with Crippen LogP contribution in [0.4, 0.5) is 5.82 Å². The van der Waals surface area contributed by atoms with Crippen molar-refractivity contribution < 1.29 is 14.6 Å². The Balaban J connectivity index is 2.16. The minimum Gasteiger partial charge on any atom is -0.476 e. The van der Waals surface area contributed by atoms with Crippen molar-refractivity contribution in [2.24, 2.45) is 0 Å². The summed E-state index contributed by atoms with van der Waals surface area (Å²) in [6.07, 6.45) is 2.74. The fraction of sp³-hybridized carbons (Fsp3) is 0.308. The molecule has 2 heterocycles. The number of methoxy groups -OCH3 is 1. The number of rotatable bonds is 7. The topological polar surface area (TPSA) is 75.5 Å². The predicted molar refractivity (Wildman–Crippen MR) is 83.9 cm³/mol. The predicted octanol–water partition coefficient (Wildman–Crippen LogP) is 2.65. The van der Waals surface area contributed by atoms with Gasteiger partial charge in [0.1, 0.15) is 5.82 Å². The molecule has 0 bridgehead atoms. The fourth-order valence-electron chi connectivity index (χ4n) is 1.70. The zero-order valence-electron chi connectivity index (χ0n) is 11.3. The summed E-state index contributed by atoms with van der Waals surface area (Å²) in [5, 5.41) is 10.9. The molecule has 6 nitrogen and oxygen atoms in total. The van der Waals surface area contributed by atoms with Crippen LogP contribution in [0.15, 0.2) is 28.3 Å². The number of carboxylic acid groups (broad SMARTS) is 1. The van der Waals surface area contributed by atoms with Crippen LogP contribution in [0.1, 0.15) is 15.4 Å². The number of anilines is 1. The molecular formula is C13H14BrN3O3S. The second kappa shape index (κ2) is 7.48. The van der Waals surface area contributed by atoms with Crippen LogP contribution in [0.3, 0.4) is 0 Å². The van der Waals surface area contributed by atoms with Crippen LogP contribution in [0, 0.1) is 0 Å². The molecule has 0 aromatic carbocycles. The maximum absolute atomic E-state index is 10.8. The number of hydrogen-bond acceptors (Lipinski definition) is 6. The van der Waals surface area contributed by atoms with Gasteiger partial charge in [0.05, 0.1) is 25.5 Å². The molecule has 1 N–H and O–H groups in total. The molecule has 2 aromatic heterocycles. The molecule has 0 saturated heterocycles. The first-order valence-corrected chi connectivity index (χ1v) is 7.79. The van der Waals surface area contributed by atoms with Crippen molar-refractivity contribution in [1.82, 2.24) is 9.97 Å². The Morgan fingerprint density at radius 1 is 1.48 bits per heavy atom. The summed E-state index contributed by atoms with van der Waals surface area (Å²) < 4.78 is 6.15. The molecule has 2 rings (SSSR count). The molecule has 0 fully saturated rings. The average Bonchev–Trinajstić information content (AvgIpc) is 2.89. The van der Waals surface area contributed by atoms with Gasteiger partial charge in [-0.3, -0.25) is 0 Å². The Hall–Kier alpha value is -1.51. The van der Waals surface area contributed by atoms with E-state index in [1.54, 1.807) is 18.4 Å². The lowest BCUT2D eigenvalue weighted by atomic mass is 10.4. The number of nitrogens with zero attached hydrogens (tertiary/aromatic N) is 3. The second-order valence-corrected chi connectivity index (χ2v) is 6.12. The van der Waals surface area contributed by atoms with E-state index in [-0.39, 0.29) is 5.69 Å². The highest BCUT2D eigenvalue weighted by Gasteiger charge is 2.12. The summed E-state index contributed by atoms with van der Waals surface area (Å²) in [6, 6.07) is 2.05. The van der Waals surface area contributed by atoms with Crippen molar-refractivity contribution in [1.29, 1.82) is 0 Å². The highest BCUT2D eigenvalue weighted by Crippen LogP contribution is 2.23. The first-order chi connectivity index (χ1) is 10.1. The number of thiophene rings is 1. The molecule has 2 aromatic rings. The lowest BCUT2D eigenvalue weighted by Crippen LogP contribution is -2.27. The minimum atomic E-state index is -1.08. The van der Waals surface area contributed by atoms with Crippen LogP contribution in [0.5, 0.6) is 0 Å². The van der Waals surface area contributed by atoms with Crippen LogP contribution in [0.25, 0.3) is 0 Å². The summed E-state index contributed by atoms with van der Waals surface area (Å²) in [5.41, 5.74) is -0.0655. The standard InChI is InChI=1S/C13H14BrN3O3S/c1-20-3-2-17(7-10-4-9(14)8-21-10)12-6-15-11(5-16-12)13(18)19/h4-6,8H,2-3,7H2,1H3,(H,18,19). The monoisotopic (exact) mass is 371 g/mol. The van der Waals surface area contributed by atoms with Crippen LogP contribution in [-0.4, -0.2) is 41.3 Å². The van der Waals surface area contributed by atoms with Gasteiger partial charge in [-0.1, -0.05) is 0 Å². The summed E-state index contributed by atoms with van der Waals surface area (Å²) in [5.74, 6) is -0.457. The number of carbonyl (C=O) groups is 1. The van der Waals surface area contributed by atoms with Gasteiger partial charge in [-0.05, 0) is 22.0 Å². The van der Waals surface area contributed by atoms with Gasteiger partial charge in [-0.15, -0.1) is 11.3 Å². The normalized spacial score (nSPS) is 10.6. The first-order valence-electron chi connectivity index (χ1n) is 6.12. The zero-order chi connectivity index (χ0) is 15.2. The van der Waals surface area contributed by atoms with Crippen LogP contribution in [-0.2, 0) is 11.3 Å². The fourth-order valence-corrected chi connectivity index (χ4v) is 3.16. The van der Waals surface area contributed by atoms with E-state index in [0.29, 0.717) is 25.5 Å². The summed E-state index contributed by atoms with van der Waals surface area (Å²) in [6.45, 7) is 1.86. The molecule has 0 atom stereocenters. The molecular weight excluding hydrogens is 358 g/mol. The number of carboxylic acids is 1. The van der Waals surface area contributed by atoms with Crippen molar-refractivity contribution in [2.75, 3.05) is 25.2 Å². The third kappa shape index (κ3) is 4.48. The molecule has 21 heavy (non-hydrogen) atoms. The van der Waals surface area contributed by atoms with Crippen molar-refractivity contribution >= 4 is 39.1 Å². The molecule has 0 amide bonds. The van der Waals surface area contributed by atoms with Gasteiger partial charge in [0.15, 0.2) is 5.69 Å². The van der Waals surface area contributed by atoms with Crippen molar-refractivity contribution in [3.8, 4) is 0 Å². The zero-order valence-corrected chi connectivity index (χ0v) is 13.7. The molecule has 0 unspecified atom stereocenters. The lowest BCUT2D eigenvalue weighted by Gasteiger charge is -2.22. The van der Waals surface area contributed by atoms with Gasteiger partial charge in [0, 0.05) is 28.4 Å². The third-order valence-corrected chi connectivity index (χ3v) is 4.40. The van der Waals surface area contributed by atoms with E-state index in [9.17, 15) is 4.79 Å². The Kier molecular flexibility index (Phi) is 5.66. The molecule has 112 valence electrons. The maximum atomic E-state index is 10.8. The van der Waals surface area contributed by atoms with Crippen molar-refractivity contribution in [3.05, 3.63) is 38.9 Å². The van der Waals surface area contributed by atoms with Crippen LogP contribution < -0.4 is 4.90 Å². The largest absolute Gasteiger partial charge is 0.476 e. The van der Waals surface area contributed by atoms with Crippen LogP contribution >= 0.6 is 27.3 Å². The van der Waals surface area contributed by atoms with Gasteiger partial charge in [0.2, 0.25) is 0 Å².